The van der Waals surface area contributed by atoms with E-state index in [1.807, 2.05) is 43.3 Å². The molecule has 0 atom stereocenters. The van der Waals surface area contributed by atoms with E-state index in [2.05, 4.69) is 15.0 Å². The van der Waals surface area contributed by atoms with Crippen molar-refractivity contribution in [3.63, 3.8) is 0 Å². The standard InChI is InChI=1S/C14H11N3O2/c1-8-7-10(9-5-3-2-4-6-9)11-12(15-8)16-14(19)17-13(11)18/h2-7H,1H3,(H2,15,16,17,18,19). The van der Waals surface area contributed by atoms with Crippen LogP contribution in [-0.2, 0) is 0 Å². The summed E-state index contributed by atoms with van der Waals surface area (Å²) >= 11 is 0. The molecular formula is C14H11N3O2. The fourth-order valence-corrected chi connectivity index (χ4v) is 2.14. The Labute approximate surface area is 108 Å². The Balaban J connectivity index is 2.49. The molecule has 0 amide bonds. The third-order valence-electron chi connectivity index (χ3n) is 2.92. The van der Waals surface area contributed by atoms with E-state index < -0.39 is 11.2 Å². The van der Waals surface area contributed by atoms with E-state index in [1.165, 1.54) is 0 Å². The number of aromatic nitrogens is 3. The molecule has 3 rings (SSSR count). The molecule has 5 heteroatoms. The predicted molar refractivity (Wildman–Crippen MR) is 73.2 cm³/mol. The Morgan fingerprint density at radius 2 is 1.79 bits per heavy atom. The van der Waals surface area contributed by atoms with Gasteiger partial charge in [0.25, 0.3) is 5.56 Å². The Morgan fingerprint density at radius 1 is 1.05 bits per heavy atom. The first kappa shape index (κ1) is 11.4. The normalized spacial score (nSPS) is 10.8. The van der Waals surface area contributed by atoms with Gasteiger partial charge in [0.15, 0.2) is 0 Å². The molecule has 0 saturated heterocycles. The zero-order chi connectivity index (χ0) is 13.4. The minimum absolute atomic E-state index is 0.313. The van der Waals surface area contributed by atoms with Gasteiger partial charge in [-0.3, -0.25) is 14.8 Å². The lowest BCUT2D eigenvalue weighted by Crippen LogP contribution is -2.23. The van der Waals surface area contributed by atoms with Gasteiger partial charge in [0.05, 0.1) is 5.39 Å². The summed E-state index contributed by atoms with van der Waals surface area (Å²) in [6.07, 6.45) is 0. The number of fused-ring (bicyclic) bond motifs is 1. The van der Waals surface area contributed by atoms with Gasteiger partial charge in [-0.1, -0.05) is 30.3 Å². The maximum Gasteiger partial charge on any atom is 0.327 e. The van der Waals surface area contributed by atoms with Crippen LogP contribution in [-0.4, -0.2) is 15.0 Å². The van der Waals surface area contributed by atoms with Gasteiger partial charge in [0.2, 0.25) is 0 Å². The largest absolute Gasteiger partial charge is 0.327 e. The van der Waals surface area contributed by atoms with Crippen molar-refractivity contribution in [2.75, 3.05) is 0 Å². The summed E-state index contributed by atoms with van der Waals surface area (Å²) in [5, 5.41) is 0.399. The van der Waals surface area contributed by atoms with Gasteiger partial charge in [0.1, 0.15) is 5.65 Å². The van der Waals surface area contributed by atoms with Crippen LogP contribution in [0.3, 0.4) is 0 Å². The first-order valence-corrected chi connectivity index (χ1v) is 5.84. The molecule has 2 N–H and O–H groups in total. The van der Waals surface area contributed by atoms with Gasteiger partial charge in [-0.05, 0) is 24.1 Å². The molecule has 0 radical (unpaired) electrons. The van der Waals surface area contributed by atoms with Crippen molar-refractivity contribution in [2.45, 2.75) is 6.92 Å². The number of hydrogen-bond acceptors (Lipinski definition) is 3. The SMILES string of the molecule is Cc1cc(-c2ccccc2)c2c(=O)[nH]c(=O)[nH]c2n1. The Morgan fingerprint density at radius 3 is 2.53 bits per heavy atom. The second-order valence-electron chi connectivity index (χ2n) is 4.31. The highest BCUT2D eigenvalue weighted by atomic mass is 16.2. The van der Waals surface area contributed by atoms with Gasteiger partial charge >= 0.3 is 5.69 Å². The van der Waals surface area contributed by atoms with Crippen LogP contribution in [0.2, 0.25) is 0 Å². The van der Waals surface area contributed by atoms with Crippen LogP contribution in [0.15, 0.2) is 46.0 Å². The van der Waals surface area contributed by atoms with E-state index in [-0.39, 0.29) is 0 Å². The first-order chi connectivity index (χ1) is 9.15. The Kier molecular flexibility index (Phi) is 2.52. The summed E-state index contributed by atoms with van der Waals surface area (Å²) in [7, 11) is 0. The number of H-pyrrole nitrogens is 2. The second-order valence-corrected chi connectivity index (χ2v) is 4.31. The van der Waals surface area contributed by atoms with Gasteiger partial charge < -0.3 is 0 Å². The first-order valence-electron chi connectivity index (χ1n) is 5.84. The molecule has 5 nitrogen and oxygen atoms in total. The van der Waals surface area contributed by atoms with Crippen LogP contribution < -0.4 is 11.2 Å². The molecule has 0 spiro atoms. The summed E-state index contributed by atoms with van der Waals surface area (Å²) in [6, 6.07) is 11.4. The van der Waals surface area contributed by atoms with Crippen LogP contribution in [0.25, 0.3) is 22.2 Å². The number of hydrogen-bond donors (Lipinski definition) is 2. The van der Waals surface area contributed by atoms with Crippen molar-refractivity contribution < 1.29 is 0 Å². The summed E-state index contributed by atoms with van der Waals surface area (Å²) in [6.45, 7) is 1.82. The molecule has 0 bridgehead atoms. The average molecular weight is 253 g/mol. The molecule has 0 aliphatic rings. The fourth-order valence-electron chi connectivity index (χ4n) is 2.14. The molecule has 0 saturated carbocycles. The highest BCUT2D eigenvalue weighted by molar-refractivity contribution is 5.91. The van der Waals surface area contributed by atoms with Crippen molar-refractivity contribution in [1.82, 2.24) is 15.0 Å². The molecule has 1 aromatic carbocycles. The average Bonchev–Trinajstić information content (AvgIpc) is 2.38. The van der Waals surface area contributed by atoms with E-state index in [9.17, 15) is 9.59 Å². The summed E-state index contributed by atoms with van der Waals surface area (Å²) in [5.41, 5.74) is 1.76. The fraction of sp³-hybridized carbons (Fsp3) is 0.0714. The number of benzene rings is 1. The van der Waals surface area contributed by atoms with Gasteiger partial charge in [0, 0.05) is 5.69 Å². The Bertz CT molecular complexity index is 863. The minimum atomic E-state index is -0.547. The van der Waals surface area contributed by atoms with Gasteiger partial charge in [-0.25, -0.2) is 9.78 Å². The number of nitrogens with zero attached hydrogens (tertiary/aromatic N) is 1. The molecule has 0 unspecified atom stereocenters. The number of aryl methyl sites for hydroxylation is 1. The lowest BCUT2D eigenvalue weighted by atomic mass is 10.0. The van der Waals surface area contributed by atoms with Crippen LogP contribution in [0.4, 0.5) is 0 Å². The topological polar surface area (TPSA) is 78.6 Å². The van der Waals surface area contributed by atoms with Crippen molar-refractivity contribution >= 4 is 11.0 Å². The van der Waals surface area contributed by atoms with Crippen molar-refractivity contribution in [3.05, 3.63) is 62.9 Å². The number of pyridine rings is 1. The highest BCUT2D eigenvalue weighted by Crippen LogP contribution is 2.24. The lowest BCUT2D eigenvalue weighted by molar-refractivity contribution is 1.05. The summed E-state index contributed by atoms with van der Waals surface area (Å²) < 4.78 is 0. The van der Waals surface area contributed by atoms with Gasteiger partial charge in [-0.15, -0.1) is 0 Å². The zero-order valence-electron chi connectivity index (χ0n) is 10.2. The highest BCUT2D eigenvalue weighted by Gasteiger charge is 2.10. The monoisotopic (exact) mass is 253 g/mol. The number of aromatic amines is 2. The molecule has 0 fully saturated rings. The molecular weight excluding hydrogens is 242 g/mol. The maximum atomic E-state index is 12.0. The van der Waals surface area contributed by atoms with E-state index in [4.69, 9.17) is 0 Å². The van der Waals surface area contributed by atoms with Crippen molar-refractivity contribution in [3.8, 4) is 11.1 Å². The quantitative estimate of drug-likeness (QED) is 0.691. The molecule has 2 aromatic heterocycles. The third kappa shape index (κ3) is 1.95. The van der Waals surface area contributed by atoms with Crippen LogP contribution in [0.5, 0.6) is 0 Å². The summed E-state index contributed by atoms with van der Waals surface area (Å²) in [4.78, 5) is 32.3. The third-order valence-corrected chi connectivity index (χ3v) is 2.92. The number of nitrogens with one attached hydrogen (secondary N) is 2. The molecule has 19 heavy (non-hydrogen) atoms. The van der Waals surface area contributed by atoms with Crippen molar-refractivity contribution in [2.24, 2.45) is 0 Å². The predicted octanol–water partition coefficient (Wildman–Crippen LogP) is 1.59. The number of rotatable bonds is 1. The van der Waals surface area contributed by atoms with E-state index in [0.29, 0.717) is 11.0 Å². The van der Waals surface area contributed by atoms with Gasteiger partial charge in [-0.2, -0.15) is 0 Å². The van der Waals surface area contributed by atoms with E-state index in [0.717, 1.165) is 16.8 Å². The van der Waals surface area contributed by atoms with Crippen molar-refractivity contribution in [1.29, 1.82) is 0 Å². The zero-order valence-corrected chi connectivity index (χ0v) is 10.2. The lowest BCUT2D eigenvalue weighted by Gasteiger charge is -2.06. The van der Waals surface area contributed by atoms with Crippen LogP contribution in [0.1, 0.15) is 5.69 Å². The smallest absolute Gasteiger partial charge is 0.291 e. The molecule has 94 valence electrons. The molecule has 2 heterocycles. The van der Waals surface area contributed by atoms with E-state index >= 15 is 0 Å². The van der Waals surface area contributed by atoms with Crippen LogP contribution >= 0.6 is 0 Å². The second kappa shape index (κ2) is 4.20. The molecule has 3 aromatic rings. The maximum absolute atomic E-state index is 12.0. The molecule has 0 aliphatic carbocycles. The van der Waals surface area contributed by atoms with E-state index in [1.54, 1.807) is 0 Å². The van der Waals surface area contributed by atoms with Crippen LogP contribution in [0, 0.1) is 6.92 Å². The minimum Gasteiger partial charge on any atom is -0.291 e. The Hall–Kier alpha value is -2.69. The summed E-state index contributed by atoms with van der Waals surface area (Å²) in [5.74, 6) is 0. The molecule has 0 aliphatic heterocycles.